The highest BCUT2D eigenvalue weighted by Crippen LogP contribution is 2.29. The summed E-state index contributed by atoms with van der Waals surface area (Å²) in [4.78, 5) is 23.3. The van der Waals surface area contributed by atoms with Gasteiger partial charge in [-0.15, -0.1) is 0 Å². The van der Waals surface area contributed by atoms with Crippen molar-refractivity contribution in [2.75, 3.05) is 6.54 Å². The number of hydrogen-bond acceptors (Lipinski definition) is 3. The molecule has 1 saturated heterocycles. The van der Waals surface area contributed by atoms with Crippen molar-refractivity contribution in [2.45, 2.75) is 31.7 Å². The number of carbonyl (C=O) groups is 2. The Morgan fingerprint density at radius 3 is 3.16 bits per heavy atom. The second kappa shape index (κ2) is 4.68. The lowest BCUT2D eigenvalue weighted by Crippen LogP contribution is -2.36. The van der Waals surface area contributed by atoms with Gasteiger partial charge in [-0.1, -0.05) is 0 Å². The highest BCUT2D eigenvalue weighted by molar-refractivity contribution is 5.89. The van der Waals surface area contributed by atoms with Crippen LogP contribution in [0.25, 0.3) is 0 Å². The first-order chi connectivity index (χ1) is 9.15. The van der Waals surface area contributed by atoms with E-state index < -0.39 is 0 Å². The first-order valence-electron chi connectivity index (χ1n) is 6.73. The molecule has 0 saturated carbocycles. The lowest BCUT2D eigenvalue weighted by molar-refractivity contribution is -0.127. The monoisotopic (exact) mass is 262 g/mol. The molecule has 6 heteroatoms. The minimum Gasteiger partial charge on any atom is -0.355 e. The molecule has 2 aliphatic rings. The van der Waals surface area contributed by atoms with Crippen LogP contribution in [-0.4, -0.2) is 28.1 Å². The van der Waals surface area contributed by atoms with E-state index in [0.29, 0.717) is 13.0 Å². The van der Waals surface area contributed by atoms with Crippen molar-refractivity contribution >= 4 is 11.8 Å². The zero-order valence-corrected chi connectivity index (χ0v) is 11.0. The Kier molecular flexibility index (Phi) is 3.00. The van der Waals surface area contributed by atoms with Crippen LogP contribution < -0.4 is 10.6 Å². The molecule has 3 rings (SSSR count). The van der Waals surface area contributed by atoms with Crippen LogP contribution in [0, 0.1) is 5.92 Å². The third-order valence-electron chi connectivity index (χ3n) is 4.04. The fourth-order valence-corrected chi connectivity index (χ4v) is 2.94. The van der Waals surface area contributed by atoms with Crippen molar-refractivity contribution in [3.63, 3.8) is 0 Å². The Morgan fingerprint density at radius 2 is 2.42 bits per heavy atom. The largest absolute Gasteiger partial charge is 0.355 e. The Hall–Kier alpha value is -1.85. The summed E-state index contributed by atoms with van der Waals surface area (Å²) in [6.07, 6.45) is 5.16. The van der Waals surface area contributed by atoms with Crippen LogP contribution >= 0.6 is 0 Å². The molecule has 19 heavy (non-hydrogen) atoms. The molecule has 0 aromatic carbocycles. The molecule has 2 amide bonds. The van der Waals surface area contributed by atoms with Crippen molar-refractivity contribution in [1.29, 1.82) is 0 Å². The number of carbonyl (C=O) groups excluding carboxylic acids is 2. The van der Waals surface area contributed by atoms with Crippen molar-refractivity contribution in [3.05, 3.63) is 17.5 Å². The van der Waals surface area contributed by atoms with Gasteiger partial charge in [0.25, 0.3) is 0 Å². The molecule has 1 fully saturated rings. The Balaban J connectivity index is 1.71. The van der Waals surface area contributed by atoms with E-state index in [9.17, 15) is 9.59 Å². The average Bonchev–Trinajstić information content (AvgIpc) is 2.98. The van der Waals surface area contributed by atoms with Crippen molar-refractivity contribution < 1.29 is 9.59 Å². The summed E-state index contributed by atoms with van der Waals surface area (Å²) in [6.45, 7) is 0.456. The molecule has 2 N–H and O–H groups in total. The van der Waals surface area contributed by atoms with Gasteiger partial charge >= 0.3 is 0 Å². The predicted molar refractivity (Wildman–Crippen MR) is 68.1 cm³/mol. The summed E-state index contributed by atoms with van der Waals surface area (Å²) >= 11 is 0. The van der Waals surface area contributed by atoms with Crippen LogP contribution in [0.15, 0.2) is 6.20 Å². The first kappa shape index (κ1) is 12.2. The van der Waals surface area contributed by atoms with E-state index in [-0.39, 0.29) is 23.8 Å². The number of hydrogen-bond donors (Lipinski definition) is 2. The van der Waals surface area contributed by atoms with Crippen LogP contribution in [0.5, 0.6) is 0 Å². The van der Waals surface area contributed by atoms with Gasteiger partial charge in [0, 0.05) is 31.3 Å². The zero-order chi connectivity index (χ0) is 13.4. The molecule has 2 unspecified atom stereocenters. The van der Waals surface area contributed by atoms with Gasteiger partial charge in [-0.3, -0.25) is 14.3 Å². The lowest BCUT2D eigenvalue weighted by atomic mass is 9.92. The topological polar surface area (TPSA) is 76.0 Å². The van der Waals surface area contributed by atoms with Crippen molar-refractivity contribution in [1.82, 2.24) is 20.4 Å². The molecule has 1 aliphatic heterocycles. The smallest absolute Gasteiger partial charge is 0.225 e. The number of aryl methyl sites for hydroxylation is 1. The van der Waals surface area contributed by atoms with Gasteiger partial charge in [-0.25, -0.2) is 0 Å². The Labute approximate surface area is 111 Å². The molecule has 102 valence electrons. The van der Waals surface area contributed by atoms with Gasteiger partial charge in [0.1, 0.15) is 0 Å². The molecule has 1 aromatic rings. The molecule has 1 aromatic heterocycles. The van der Waals surface area contributed by atoms with Gasteiger partial charge in [-0.05, 0) is 19.3 Å². The molecule has 1 aliphatic carbocycles. The molecule has 2 heterocycles. The van der Waals surface area contributed by atoms with Crippen molar-refractivity contribution in [2.24, 2.45) is 13.0 Å². The lowest BCUT2D eigenvalue weighted by Gasteiger charge is -2.24. The molecule has 0 radical (unpaired) electrons. The standard InChI is InChI=1S/C13H18N4O2/c1-17-11-4-2-3-10(9(11)7-15-17)16-13(19)8-5-12(18)14-6-8/h7-8,10H,2-6H2,1H3,(H,14,18)(H,16,19). The van der Waals surface area contributed by atoms with E-state index in [2.05, 4.69) is 15.7 Å². The number of fused-ring (bicyclic) bond motifs is 1. The predicted octanol–water partition coefficient (Wildman–Crippen LogP) is 0.0498. The molecule has 0 bridgehead atoms. The minimum absolute atomic E-state index is 0.0277. The fraction of sp³-hybridized carbons (Fsp3) is 0.615. The number of aromatic nitrogens is 2. The summed E-state index contributed by atoms with van der Waals surface area (Å²) in [7, 11) is 1.93. The maximum Gasteiger partial charge on any atom is 0.225 e. The first-order valence-corrected chi connectivity index (χ1v) is 6.73. The highest BCUT2D eigenvalue weighted by Gasteiger charge is 2.31. The maximum absolute atomic E-state index is 12.1. The number of nitrogens with one attached hydrogen (secondary N) is 2. The average molecular weight is 262 g/mol. The summed E-state index contributed by atoms with van der Waals surface area (Å²) in [5.41, 5.74) is 2.33. The third-order valence-corrected chi connectivity index (χ3v) is 4.04. The van der Waals surface area contributed by atoms with Gasteiger partial charge in [0.2, 0.25) is 11.8 Å². The number of amides is 2. The zero-order valence-electron chi connectivity index (χ0n) is 11.0. The highest BCUT2D eigenvalue weighted by atomic mass is 16.2. The van der Waals surface area contributed by atoms with E-state index in [1.54, 1.807) is 0 Å². The van der Waals surface area contributed by atoms with Crippen LogP contribution in [0.2, 0.25) is 0 Å². The maximum atomic E-state index is 12.1. The minimum atomic E-state index is -0.227. The van der Waals surface area contributed by atoms with Gasteiger partial charge in [0.05, 0.1) is 18.2 Å². The SMILES string of the molecule is Cn1ncc2c1CCCC2NC(=O)C1CNC(=O)C1. The van der Waals surface area contributed by atoms with Crippen LogP contribution in [-0.2, 0) is 23.1 Å². The van der Waals surface area contributed by atoms with Gasteiger partial charge < -0.3 is 10.6 Å². The van der Waals surface area contributed by atoms with Gasteiger partial charge in [0.15, 0.2) is 0 Å². The van der Waals surface area contributed by atoms with Crippen LogP contribution in [0.3, 0.4) is 0 Å². The second-order valence-corrected chi connectivity index (χ2v) is 5.33. The quantitative estimate of drug-likeness (QED) is 0.790. The molecule has 2 atom stereocenters. The van der Waals surface area contributed by atoms with Crippen LogP contribution in [0.4, 0.5) is 0 Å². The molecule has 0 spiro atoms. The Bertz CT molecular complexity index is 523. The summed E-state index contributed by atoms with van der Waals surface area (Å²) in [6, 6.07) is 0.0423. The second-order valence-electron chi connectivity index (χ2n) is 5.33. The van der Waals surface area contributed by atoms with E-state index in [1.807, 2.05) is 17.9 Å². The summed E-state index contributed by atoms with van der Waals surface area (Å²) in [5, 5.41) is 10.0. The van der Waals surface area contributed by atoms with Crippen molar-refractivity contribution in [3.8, 4) is 0 Å². The number of nitrogens with zero attached hydrogens (tertiary/aromatic N) is 2. The summed E-state index contributed by atoms with van der Waals surface area (Å²) in [5.74, 6) is -0.291. The van der Waals surface area contributed by atoms with E-state index in [4.69, 9.17) is 0 Å². The summed E-state index contributed by atoms with van der Waals surface area (Å²) < 4.78 is 1.88. The van der Waals surface area contributed by atoms with Gasteiger partial charge in [-0.2, -0.15) is 5.10 Å². The van der Waals surface area contributed by atoms with E-state index in [0.717, 1.165) is 24.8 Å². The molecule has 6 nitrogen and oxygen atoms in total. The van der Waals surface area contributed by atoms with E-state index in [1.165, 1.54) is 5.69 Å². The normalized spacial score (nSPS) is 25.8. The van der Waals surface area contributed by atoms with Crippen LogP contribution in [0.1, 0.15) is 36.6 Å². The molecular weight excluding hydrogens is 244 g/mol. The third kappa shape index (κ3) is 2.22. The number of rotatable bonds is 2. The van der Waals surface area contributed by atoms with E-state index >= 15 is 0 Å². The fourth-order valence-electron chi connectivity index (χ4n) is 2.94. The Morgan fingerprint density at radius 1 is 1.58 bits per heavy atom. The molecular formula is C13H18N4O2.